The largest absolute Gasteiger partial charge is 0.472 e. The molecule has 0 aliphatic rings. The van der Waals surface area contributed by atoms with Crippen LogP contribution in [0.15, 0.2) is 0 Å². The van der Waals surface area contributed by atoms with Crippen molar-refractivity contribution < 1.29 is 37.3 Å². The van der Waals surface area contributed by atoms with Gasteiger partial charge in [0.2, 0.25) is 0 Å². The Bertz CT molecular complexity index is 613. The van der Waals surface area contributed by atoms with Crippen LogP contribution in [0.2, 0.25) is 0 Å². The van der Waals surface area contributed by atoms with Gasteiger partial charge >= 0.3 is 13.8 Å². The summed E-state index contributed by atoms with van der Waals surface area (Å²) >= 11 is 0. The van der Waals surface area contributed by atoms with Gasteiger partial charge in [-0.1, -0.05) is 110 Å². The Morgan fingerprint density at radius 3 is 1.67 bits per heavy atom. The maximum Gasteiger partial charge on any atom is 0.472 e. The van der Waals surface area contributed by atoms with Crippen molar-refractivity contribution in [2.75, 3.05) is 60.7 Å². The zero-order valence-electron chi connectivity index (χ0n) is 26.1. The molecular weight excluding hydrogens is 517 g/mol. The number of unbranched alkanes of at least 4 members (excludes halogenated alkanes) is 13. The van der Waals surface area contributed by atoms with Gasteiger partial charge in [0, 0.05) is 0 Å². The summed E-state index contributed by atoms with van der Waals surface area (Å²) in [5, 5.41) is 0. The molecule has 0 radical (unpaired) electrons. The van der Waals surface area contributed by atoms with Crippen LogP contribution in [-0.4, -0.2) is 76.1 Å². The van der Waals surface area contributed by atoms with E-state index in [1.807, 2.05) is 21.1 Å². The van der Waals surface area contributed by atoms with E-state index in [0.717, 1.165) is 25.7 Å². The van der Waals surface area contributed by atoms with Crippen LogP contribution in [0.1, 0.15) is 123 Å². The fourth-order valence-corrected chi connectivity index (χ4v) is 5.11. The average Bonchev–Trinajstić information content (AvgIpc) is 2.86. The van der Waals surface area contributed by atoms with Crippen LogP contribution in [0.25, 0.3) is 0 Å². The fraction of sp³-hybridized carbons (Fsp3) is 0.967. The lowest BCUT2D eigenvalue weighted by atomic mass is 9.96. The number of hydrogen-bond acceptors (Lipinski definition) is 6. The third-order valence-electron chi connectivity index (χ3n) is 6.85. The number of esters is 1. The quantitative estimate of drug-likeness (QED) is 0.0420. The van der Waals surface area contributed by atoms with Crippen molar-refractivity contribution >= 4 is 13.8 Å². The Hall–Kier alpha value is -0.500. The van der Waals surface area contributed by atoms with E-state index in [9.17, 15) is 14.3 Å². The van der Waals surface area contributed by atoms with Gasteiger partial charge in [0.15, 0.2) is 0 Å². The van der Waals surface area contributed by atoms with Crippen LogP contribution in [-0.2, 0) is 27.9 Å². The molecule has 0 aliphatic carbocycles. The third kappa shape index (κ3) is 27.4. The maximum absolute atomic E-state index is 12.5. The summed E-state index contributed by atoms with van der Waals surface area (Å²) in [6, 6.07) is 0. The van der Waals surface area contributed by atoms with Crippen molar-refractivity contribution in [1.29, 1.82) is 0 Å². The van der Waals surface area contributed by atoms with Crippen LogP contribution in [0.5, 0.6) is 0 Å². The van der Waals surface area contributed by atoms with Gasteiger partial charge in [-0.2, -0.15) is 0 Å². The van der Waals surface area contributed by atoms with Crippen molar-refractivity contribution in [3.8, 4) is 0 Å². The first-order chi connectivity index (χ1) is 18.6. The molecule has 0 spiro atoms. The number of carbonyl (C=O) groups is 1. The molecule has 0 heterocycles. The van der Waals surface area contributed by atoms with E-state index >= 15 is 0 Å². The Morgan fingerprint density at radius 2 is 1.15 bits per heavy atom. The highest BCUT2D eigenvalue weighted by molar-refractivity contribution is 7.47. The molecule has 39 heavy (non-hydrogen) atoms. The number of rotatable bonds is 29. The van der Waals surface area contributed by atoms with Crippen molar-refractivity contribution in [3.63, 3.8) is 0 Å². The van der Waals surface area contributed by atoms with E-state index in [1.54, 1.807) is 0 Å². The molecule has 0 bridgehead atoms. The first-order valence-corrected chi connectivity index (χ1v) is 17.3. The minimum absolute atomic E-state index is 0.0419. The maximum atomic E-state index is 12.5. The van der Waals surface area contributed by atoms with Crippen molar-refractivity contribution in [2.45, 2.75) is 123 Å². The van der Waals surface area contributed by atoms with E-state index < -0.39 is 7.82 Å². The molecule has 8 nitrogen and oxygen atoms in total. The average molecular weight is 581 g/mol. The molecular formula is C30H63NO7P+. The number of phosphoric acid groups is 1. The third-order valence-corrected chi connectivity index (χ3v) is 7.86. The summed E-state index contributed by atoms with van der Waals surface area (Å²) in [6.45, 7) is 5.55. The predicted octanol–water partition coefficient (Wildman–Crippen LogP) is 7.67. The molecule has 0 aromatic rings. The van der Waals surface area contributed by atoms with Crippen LogP contribution in [0, 0.1) is 5.92 Å². The van der Waals surface area contributed by atoms with Crippen molar-refractivity contribution in [1.82, 2.24) is 0 Å². The molecule has 0 aromatic carbocycles. The second kappa shape index (κ2) is 25.2. The molecule has 0 saturated heterocycles. The van der Waals surface area contributed by atoms with Gasteiger partial charge in [-0.05, 0) is 12.8 Å². The normalized spacial score (nSPS) is 14.3. The standard InChI is InChI=1S/C30H62NO7P/c1-6-8-9-10-11-12-13-14-15-16-17-18-19-20-22-29(21-7-2)30(32)36-27-25-35-26-28-38-39(33,34)37-24-23-31(3,4)5/h29H,6-28H2,1-5H3/p+1. The molecule has 1 N–H and O–H groups in total. The molecule has 0 rings (SSSR count). The zero-order valence-corrected chi connectivity index (χ0v) is 27.0. The van der Waals surface area contributed by atoms with E-state index in [4.69, 9.17) is 18.5 Å². The Labute approximate surface area is 240 Å². The van der Waals surface area contributed by atoms with Crippen LogP contribution in [0.4, 0.5) is 0 Å². The molecule has 0 saturated carbocycles. The van der Waals surface area contributed by atoms with Crippen LogP contribution in [0.3, 0.4) is 0 Å². The van der Waals surface area contributed by atoms with Gasteiger partial charge in [-0.25, -0.2) is 4.57 Å². The number of hydrogen-bond donors (Lipinski definition) is 1. The summed E-state index contributed by atoms with van der Waals surface area (Å²) < 4.78 is 33.1. The number of carbonyl (C=O) groups excluding carboxylic acids is 1. The molecule has 2 unspecified atom stereocenters. The van der Waals surface area contributed by atoms with Crippen molar-refractivity contribution in [3.05, 3.63) is 0 Å². The summed E-state index contributed by atoms with van der Waals surface area (Å²) in [4.78, 5) is 22.2. The highest BCUT2D eigenvalue weighted by Gasteiger charge is 2.22. The number of ether oxygens (including phenoxy) is 2. The Kier molecular flexibility index (Phi) is 24.9. The molecule has 0 aliphatic heterocycles. The van der Waals surface area contributed by atoms with Gasteiger partial charge in [-0.15, -0.1) is 0 Å². The van der Waals surface area contributed by atoms with Crippen LogP contribution >= 0.6 is 7.82 Å². The minimum atomic E-state index is -4.08. The zero-order chi connectivity index (χ0) is 29.2. The highest BCUT2D eigenvalue weighted by atomic mass is 31.2. The first kappa shape index (κ1) is 38.5. The molecule has 9 heteroatoms. The Balaban J connectivity index is 3.74. The lowest BCUT2D eigenvalue weighted by Gasteiger charge is -2.24. The number of likely N-dealkylation sites (N-methyl/N-ethyl adjacent to an activating group) is 1. The molecule has 0 fully saturated rings. The lowest BCUT2D eigenvalue weighted by Crippen LogP contribution is -2.37. The first-order valence-electron chi connectivity index (χ1n) is 15.8. The number of quaternary nitrogens is 1. The lowest BCUT2D eigenvalue weighted by molar-refractivity contribution is -0.870. The van der Waals surface area contributed by atoms with Gasteiger partial charge in [-0.3, -0.25) is 13.8 Å². The number of phosphoric ester groups is 1. The summed E-state index contributed by atoms with van der Waals surface area (Å²) in [5.74, 6) is -0.184. The van der Waals surface area contributed by atoms with Crippen molar-refractivity contribution in [2.24, 2.45) is 5.92 Å². The van der Waals surface area contributed by atoms with E-state index in [-0.39, 0.29) is 44.9 Å². The van der Waals surface area contributed by atoms with E-state index in [0.29, 0.717) is 11.0 Å². The number of nitrogens with zero attached hydrogens (tertiary/aromatic N) is 1. The van der Waals surface area contributed by atoms with Gasteiger partial charge in [0.1, 0.15) is 19.8 Å². The van der Waals surface area contributed by atoms with E-state index in [2.05, 4.69) is 13.8 Å². The Morgan fingerprint density at radius 1 is 0.667 bits per heavy atom. The second-order valence-electron chi connectivity index (χ2n) is 11.8. The molecule has 234 valence electrons. The molecule has 2 atom stereocenters. The highest BCUT2D eigenvalue weighted by Crippen LogP contribution is 2.42. The van der Waals surface area contributed by atoms with Crippen LogP contribution < -0.4 is 0 Å². The minimum Gasteiger partial charge on any atom is -0.463 e. The van der Waals surface area contributed by atoms with Gasteiger partial charge in [0.05, 0.1) is 46.9 Å². The second-order valence-corrected chi connectivity index (χ2v) is 13.3. The summed E-state index contributed by atoms with van der Waals surface area (Å²) in [7, 11) is 1.83. The van der Waals surface area contributed by atoms with Gasteiger partial charge < -0.3 is 18.9 Å². The molecule has 0 aromatic heterocycles. The summed E-state index contributed by atoms with van der Waals surface area (Å²) in [6.07, 6.45) is 21.3. The SMILES string of the molecule is CCCCCCCCCCCCCCCCC(CCC)C(=O)OCCOCCOP(=O)(O)OCC[N+](C)(C)C. The monoisotopic (exact) mass is 580 g/mol. The smallest absolute Gasteiger partial charge is 0.463 e. The van der Waals surface area contributed by atoms with Gasteiger partial charge in [0.25, 0.3) is 0 Å². The fourth-order valence-electron chi connectivity index (χ4n) is 4.41. The molecule has 0 amide bonds. The summed E-state index contributed by atoms with van der Waals surface area (Å²) in [5.41, 5.74) is 0. The van der Waals surface area contributed by atoms with E-state index in [1.165, 1.54) is 83.5 Å². The topological polar surface area (TPSA) is 91.3 Å². The predicted molar refractivity (Wildman–Crippen MR) is 160 cm³/mol.